The summed E-state index contributed by atoms with van der Waals surface area (Å²) in [5, 5.41) is 3.30. The molecule has 0 rings (SSSR count). The van der Waals surface area contributed by atoms with Crippen LogP contribution in [0.3, 0.4) is 0 Å². The Morgan fingerprint density at radius 3 is 1.92 bits per heavy atom. The van der Waals surface area contributed by atoms with Crippen molar-refractivity contribution in [2.75, 3.05) is 0 Å². The Bertz CT molecular complexity index is 149. The van der Waals surface area contributed by atoms with Crippen LogP contribution in [0.5, 0.6) is 0 Å². The predicted octanol–water partition coefficient (Wildman–Crippen LogP) is 3.23. The standard InChI is InChI=1S/C8H19NS2Si/c1-8(2,3)9-7(10)11-12(4,5)6/h1-6H3,(H,9,10). The van der Waals surface area contributed by atoms with E-state index in [0.717, 1.165) is 4.32 Å². The fraction of sp³-hybridized carbons (Fsp3) is 0.875. The van der Waals surface area contributed by atoms with E-state index in [9.17, 15) is 0 Å². The second-order valence-corrected chi connectivity index (χ2v) is 14.7. The first-order valence-electron chi connectivity index (χ1n) is 4.11. The van der Waals surface area contributed by atoms with Gasteiger partial charge >= 0.3 is 0 Å². The van der Waals surface area contributed by atoms with Crippen molar-refractivity contribution in [2.24, 2.45) is 0 Å². The Balaban J connectivity index is 3.92. The first-order valence-corrected chi connectivity index (χ1v) is 9.56. The van der Waals surface area contributed by atoms with E-state index in [4.69, 9.17) is 12.2 Å². The van der Waals surface area contributed by atoms with Gasteiger partial charge in [0.2, 0.25) is 0 Å². The summed E-state index contributed by atoms with van der Waals surface area (Å²) in [5.41, 5.74) is 0.101. The highest BCUT2D eigenvalue weighted by Gasteiger charge is 2.19. The number of rotatable bonds is 1. The zero-order valence-corrected chi connectivity index (χ0v) is 11.4. The molecule has 0 unspecified atom stereocenters. The van der Waals surface area contributed by atoms with Gasteiger partial charge in [-0.2, -0.15) is 0 Å². The van der Waals surface area contributed by atoms with Crippen molar-refractivity contribution >= 4 is 35.0 Å². The SMILES string of the molecule is CC(C)(C)NC(=S)S[Si](C)(C)C. The molecule has 0 saturated carbocycles. The molecular weight excluding hydrogens is 202 g/mol. The van der Waals surface area contributed by atoms with Crippen molar-refractivity contribution < 1.29 is 0 Å². The summed E-state index contributed by atoms with van der Waals surface area (Å²) in [6, 6.07) is 0. The van der Waals surface area contributed by atoms with Crippen LogP contribution in [0, 0.1) is 0 Å². The summed E-state index contributed by atoms with van der Waals surface area (Å²) in [5.74, 6) is 0. The molecule has 0 heterocycles. The van der Waals surface area contributed by atoms with E-state index < -0.39 is 7.22 Å². The maximum Gasteiger partial charge on any atom is 0.128 e. The van der Waals surface area contributed by atoms with E-state index in [2.05, 4.69) is 45.7 Å². The van der Waals surface area contributed by atoms with E-state index in [1.807, 2.05) is 11.2 Å². The van der Waals surface area contributed by atoms with Gasteiger partial charge < -0.3 is 5.32 Å². The van der Waals surface area contributed by atoms with Gasteiger partial charge in [0.05, 0.1) is 0 Å². The van der Waals surface area contributed by atoms with Crippen molar-refractivity contribution in [1.82, 2.24) is 5.32 Å². The largest absolute Gasteiger partial charge is 0.367 e. The number of nitrogens with one attached hydrogen (secondary N) is 1. The molecule has 0 amide bonds. The third-order valence-electron chi connectivity index (χ3n) is 0.876. The van der Waals surface area contributed by atoms with Crippen LogP contribution in [-0.2, 0) is 0 Å². The molecule has 0 saturated heterocycles. The second kappa shape index (κ2) is 4.11. The molecule has 12 heavy (non-hydrogen) atoms. The van der Waals surface area contributed by atoms with Crippen molar-refractivity contribution in [3.8, 4) is 0 Å². The van der Waals surface area contributed by atoms with Crippen LogP contribution in [0.15, 0.2) is 0 Å². The van der Waals surface area contributed by atoms with Crippen LogP contribution < -0.4 is 5.32 Å². The molecule has 0 aliphatic carbocycles. The molecule has 0 aliphatic heterocycles. The maximum atomic E-state index is 5.24. The molecule has 0 fully saturated rings. The Hall–Kier alpha value is 0.457. The molecule has 72 valence electrons. The molecule has 0 bridgehead atoms. The Labute approximate surface area is 86.4 Å². The van der Waals surface area contributed by atoms with Crippen LogP contribution in [-0.4, -0.2) is 17.1 Å². The summed E-state index contributed by atoms with van der Waals surface area (Å²) in [4.78, 5) is 0. The molecule has 4 heteroatoms. The third-order valence-corrected chi connectivity index (χ3v) is 5.02. The highest BCUT2D eigenvalue weighted by Crippen LogP contribution is 2.21. The van der Waals surface area contributed by atoms with Gasteiger partial charge in [0, 0.05) is 5.54 Å². The topological polar surface area (TPSA) is 12.0 Å². The van der Waals surface area contributed by atoms with Gasteiger partial charge in [0.25, 0.3) is 0 Å². The molecule has 0 radical (unpaired) electrons. The molecule has 0 aromatic carbocycles. The summed E-state index contributed by atoms with van der Waals surface area (Å²) in [6.45, 7) is 13.3. The van der Waals surface area contributed by atoms with Crippen LogP contribution in [0.2, 0.25) is 19.6 Å². The van der Waals surface area contributed by atoms with Crippen LogP contribution >= 0.6 is 23.4 Å². The summed E-state index contributed by atoms with van der Waals surface area (Å²) < 4.78 is 0.946. The average Bonchev–Trinajstić information content (AvgIpc) is 1.49. The minimum atomic E-state index is -1.11. The van der Waals surface area contributed by atoms with Crippen LogP contribution in [0.4, 0.5) is 0 Å². The van der Waals surface area contributed by atoms with Gasteiger partial charge in [-0.05, 0) is 20.8 Å². The van der Waals surface area contributed by atoms with Gasteiger partial charge in [-0.25, -0.2) is 0 Å². The Morgan fingerprint density at radius 2 is 1.67 bits per heavy atom. The lowest BCUT2D eigenvalue weighted by molar-refractivity contribution is 0.519. The smallest absolute Gasteiger partial charge is 0.128 e. The highest BCUT2D eigenvalue weighted by molar-refractivity contribution is 8.43. The first-order chi connectivity index (χ1) is 5.10. The van der Waals surface area contributed by atoms with Crippen LogP contribution in [0.25, 0.3) is 0 Å². The minimum absolute atomic E-state index is 0.101. The first kappa shape index (κ1) is 12.5. The molecule has 0 aromatic heterocycles. The van der Waals surface area contributed by atoms with Crippen LogP contribution in [0.1, 0.15) is 20.8 Å². The van der Waals surface area contributed by atoms with Crippen molar-refractivity contribution in [3.05, 3.63) is 0 Å². The number of thiocarbonyl (C=S) groups is 1. The fourth-order valence-electron chi connectivity index (χ4n) is 0.610. The molecule has 1 N–H and O–H groups in total. The monoisotopic (exact) mass is 221 g/mol. The molecular formula is C8H19NS2Si. The van der Waals surface area contributed by atoms with E-state index in [1.165, 1.54) is 0 Å². The highest BCUT2D eigenvalue weighted by atomic mass is 32.4. The molecule has 1 nitrogen and oxygen atoms in total. The van der Waals surface area contributed by atoms with E-state index >= 15 is 0 Å². The van der Waals surface area contributed by atoms with E-state index in [-0.39, 0.29) is 5.54 Å². The normalized spacial score (nSPS) is 12.8. The van der Waals surface area contributed by atoms with Gasteiger partial charge in [-0.15, -0.1) is 11.2 Å². The zero-order chi connectivity index (χ0) is 9.99. The molecule has 0 atom stereocenters. The number of hydrogen-bond donors (Lipinski definition) is 1. The van der Waals surface area contributed by atoms with Crippen molar-refractivity contribution in [2.45, 2.75) is 46.0 Å². The van der Waals surface area contributed by atoms with E-state index in [0.29, 0.717) is 0 Å². The Morgan fingerprint density at radius 1 is 1.25 bits per heavy atom. The van der Waals surface area contributed by atoms with Crippen molar-refractivity contribution in [3.63, 3.8) is 0 Å². The summed E-state index contributed by atoms with van der Waals surface area (Å²) in [7, 11) is -1.11. The summed E-state index contributed by atoms with van der Waals surface area (Å²) in [6.07, 6.45) is 0. The minimum Gasteiger partial charge on any atom is -0.367 e. The lowest BCUT2D eigenvalue weighted by Gasteiger charge is -2.25. The lowest BCUT2D eigenvalue weighted by Crippen LogP contribution is -2.40. The van der Waals surface area contributed by atoms with Crippen molar-refractivity contribution in [1.29, 1.82) is 0 Å². The quantitative estimate of drug-likeness (QED) is 0.539. The average molecular weight is 221 g/mol. The van der Waals surface area contributed by atoms with Gasteiger partial charge in [-0.3, -0.25) is 0 Å². The van der Waals surface area contributed by atoms with Gasteiger partial charge in [0.1, 0.15) is 11.5 Å². The predicted molar refractivity (Wildman–Crippen MR) is 66.4 cm³/mol. The Kier molecular flexibility index (Phi) is 4.27. The third kappa shape index (κ3) is 8.55. The van der Waals surface area contributed by atoms with Gasteiger partial charge in [-0.1, -0.05) is 31.9 Å². The molecule has 0 aliphatic rings. The van der Waals surface area contributed by atoms with E-state index in [1.54, 1.807) is 0 Å². The molecule has 0 aromatic rings. The number of hydrogen-bond acceptors (Lipinski definition) is 2. The maximum absolute atomic E-state index is 5.24. The molecule has 0 spiro atoms. The summed E-state index contributed by atoms with van der Waals surface area (Å²) >= 11 is 7.08. The fourth-order valence-corrected chi connectivity index (χ4v) is 5.90. The second-order valence-electron chi connectivity index (χ2n) is 4.88. The zero-order valence-electron chi connectivity index (χ0n) is 8.82. The lowest BCUT2D eigenvalue weighted by atomic mass is 10.1. The van der Waals surface area contributed by atoms with Gasteiger partial charge in [0.15, 0.2) is 0 Å².